The van der Waals surface area contributed by atoms with Gasteiger partial charge in [-0.25, -0.2) is 0 Å². The van der Waals surface area contributed by atoms with Gasteiger partial charge in [-0.15, -0.1) is 0 Å². The molecule has 5 heteroatoms. The van der Waals surface area contributed by atoms with Crippen molar-refractivity contribution in [1.82, 2.24) is 9.78 Å². The van der Waals surface area contributed by atoms with Gasteiger partial charge in [0.1, 0.15) is 8.30 Å². The summed E-state index contributed by atoms with van der Waals surface area (Å²) >= 11 is 8.02. The van der Waals surface area contributed by atoms with Gasteiger partial charge in [0.05, 0.1) is 9.11 Å². The molecule has 0 fully saturated rings. The third-order valence-corrected chi connectivity index (χ3v) is 5.72. The second-order valence-electron chi connectivity index (χ2n) is 3.48. The Hall–Kier alpha value is 1.15. The molecule has 0 spiro atoms. The molecule has 0 atom stereocenters. The largest absolute Gasteiger partial charge is 0.252 e. The zero-order chi connectivity index (χ0) is 9.52. The maximum atomic E-state index is 4.40. The standard InChI is InChI=1S/C7H9BrI2N2/c1-7(2,3)12-6(10)4(9)5(8)11-12/h1-3H3. The Balaban J connectivity index is 3.28. The van der Waals surface area contributed by atoms with E-state index in [0.29, 0.717) is 0 Å². The average molecular weight is 455 g/mol. The highest BCUT2D eigenvalue weighted by atomic mass is 127. The molecule has 0 aliphatic heterocycles. The summed E-state index contributed by atoms with van der Waals surface area (Å²) in [7, 11) is 0. The zero-order valence-corrected chi connectivity index (χ0v) is 12.9. The SMILES string of the molecule is CC(C)(C)n1nc(Br)c(I)c1I. The molecule has 2 nitrogen and oxygen atoms in total. The molecule has 1 heterocycles. The molecule has 0 radical (unpaired) electrons. The van der Waals surface area contributed by atoms with Gasteiger partial charge in [0, 0.05) is 0 Å². The third-order valence-electron chi connectivity index (χ3n) is 1.37. The number of hydrogen-bond acceptors (Lipinski definition) is 1. The van der Waals surface area contributed by atoms with Gasteiger partial charge in [0.15, 0.2) is 0 Å². The van der Waals surface area contributed by atoms with E-state index in [-0.39, 0.29) is 5.54 Å². The predicted molar refractivity (Wildman–Crippen MR) is 70.4 cm³/mol. The summed E-state index contributed by atoms with van der Waals surface area (Å²) in [6, 6.07) is 0. The number of nitrogens with zero attached hydrogens (tertiary/aromatic N) is 2. The van der Waals surface area contributed by atoms with Gasteiger partial charge in [-0.1, -0.05) is 0 Å². The van der Waals surface area contributed by atoms with E-state index >= 15 is 0 Å². The molecule has 0 bridgehead atoms. The van der Waals surface area contributed by atoms with Gasteiger partial charge < -0.3 is 0 Å². The van der Waals surface area contributed by atoms with Gasteiger partial charge in [0.2, 0.25) is 0 Å². The summed E-state index contributed by atoms with van der Waals surface area (Å²) in [6.07, 6.45) is 0. The molecule has 0 saturated carbocycles. The fourth-order valence-corrected chi connectivity index (χ4v) is 2.94. The van der Waals surface area contributed by atoms with Crippen LogP contribution < -0.4 is 0 Å². The van der Waals surface area contributed by atoms with Crippen LogP contribution in [0.25, 0.3) is 0 Å². The lowest BCUT2D eigenvalue weighted by atomic mass is 10.1. The Morgan fingerprint density at radius 3 is 2.00 bits per heavy atom. The minimum atomic E-state index is 0.0580. The minimum absolute atomic E-state index is 0.0580. The summed E-state index contributed by atoms with van der Waals surface area (Å²) in [6.45, 7) is 6.43. The van der Waals surface area contributed by atoms with Crippen molar-refractivity contribution in [1.29, 1.82) is 0 Å². The molecule has 1 rings (SSSR count). The number of rotatable bonds is 0. The summed E-state index contributed by atoms with van der Waals surface area (Å²) in [5.74, 6) is 0. The molecule has 0 aromatic carbocycles. The van der Waals surface area contributed by atoms with Gasteiger partial charge in [-0.2, -0.15) is 5.10 Å². The summed E-state index contributed by atoms with van der Waals surface area (Å²) in [5, 5.41) is 4.40. The van der Waals surface area contributed by atoms with Crippen molar-refractivity contribution >= 4 is 61.1 Å². The molecule has 0 saturated heterocycles. The maximum Gasteiger partial charge on any atom is 0.142 e. The van der Waals surface area contributed by atoms with Gasteiger partial charge in [-0.05, 0) is 81.9 Å². The fourth-order valence-electron chi connectivity index (χ4n) is 0.798. The molecule has 1 aromatic heterocycles. The van der Waals surface area contributed by atoms with Crippen molar-refractivity contribution in [2.24, 2.45) is 0 Å². The molecular formula is C7H9BrI2N2. The molecule has 1 aromatic rings. The Labute approximate surface area is 108 Å². The van der Waals surface area contributed by atoms with Crippen LogP contribution in [0.3, 0.4) is 0 Å². The van der Waals surface area contributed by atoms with E-state index in [1.807, 2.05) is 4.68 Å². The van der Waals surface area contributed by atoms with Crippen LogP contribution in [0, 0.1) is 7.27 Å². The first-order valence-corrected chi connectivity index (χ1v) is 6.39. The maximum absolute atomic E-state index is 4.40. The van der Waals surface area contributed by atoms with Crippen LogP contribution in [0.2, 0.25) is 0 Å². The quantitative estimate of drug-likeness (QED) is 0.548. The lowest BCUT2D eigenvalue weighted by Crippen LogP contribution is -2.24. The number of halogens is 3. The van der Waals surface area contributed by atoms with Crippen LogP contribution >= 0.6 is 61.1 Å². The molecule has 12 heavy (non-hydrogen) atoms. The molecule has 68 valence electrons. The van der Waals surface area contributed by atoms with Crippen LogP contribution in [-0.2, 0) is 5.54 Å². The van der Waals surface area contributed by atoms with Gasteiger partial charge in [0.25, 0.3) is 0 Å². The summed E-state index contributed by atoms with van der Waals surface area (Å²) in [5.41, 5.74) is 0.0580. The van der Waals surface area contributed by atoms with Crippen molar-refractivity contribution in [2.45, 2.75) is 26.3 Å². The van der Waals surface area contributed by atoms with Crippen molar-refractivity contribution in [3.05, 3.63) is 11.9 Å². The molecule has 0 unspecified atom stereocenters. The third kappa shape index (κ3) is 2.14. The predicted octanol–water partition coefficient (Wildman–Crippen LogP) is 3.61. The first kappa shape index (κ1) is 11.2. The summed E-state index contributed by atoms with van der Waals surface area (Å²) < 4.78 is 5.33. The number of aromatic nitrogens is 2. The van der Waals surface area contributed by atoms with E-state index in [9.17, 15) is 0 Å². The second kappa shape index (κ2) is 3.72. The highest BCUT2D eigenvalue weighted by Gasteiger charge is 2.20. The van der Waals surface area contributed by atoms with E-state index < -0.39 is 0 Å². The van der Waals surface area contributed by atoms with Crippen LogP contribution in [0.4, 0.5) is 0 Å². The first-order chi connectivity index (χ1) is 5.34. The van der Waals surface area contributed by atoms with Crippen molar-refractivity contribution in [3.63, 3.8) is 0 Å². The van der Waals surface area contributed by atoms with Crippen molar-refractivity contribution in [2.75, 3.05) is 0 Å². The topological polar surface area (TPSA) is 17.8 Å². The molecule has 0 aliphatic rings. The van der Waals surface area contributed by atoms with Crippen molar-refractivity contribution in [3.8, 4) is 0 Å². The number of hydrogen-bond donors (Lipinski definition) is 0. The van der Waals surface area contributed by atoms with E-state index in [0.717, 1.165) is 4.60 Å². The average Bonchev–Trinajstić information content (AvgIpc) is 2.15. The van der Waals surface area contributed by atoms with E-state index in [2.05, 4.69) is 87.0 Å². The first-order valence-electron chi connectivity index (χ1n) is 3.44. The molecule has 0 aliphatic carbocycles. The molecule has 0 N–H and O–H groups in total. The fraction of sp³-hybridized carbons (Fsp3) is 0.571. The highest BCUT2D eigenvalue weighted by molar-refractivity contribution is 14.1. The Morgan fingerprint density at radius 2 is 1.83 bits per heavy atom. The van der Waals surface area contributed by atoms with Crippen LogP contribution in [0.15, 0.2) is 4.60 Å². The minimum Gasteiger partial charge on any atom is -0.252 e. The van der Waals surface area contributed by atoms with E-state index in [4.69, 9.17) is 0 Å². The Morgan fingerprint density at radius 1 is 1.33 bits per heavy atom. The monoisotopic (exact) mass is 454 g/mol. The lowest BCUT2D eigenvalue weighted by molar-refractivity contribution is 0.346. The van der Waals surface area contributed by atoms with Crippen LogP contribution in [0.5, 0.6) is 0 Å². The highest BCUT2D eigenvalue weighted by Crippen LogP contribution is 2.27. The zero-order valence-electron chi connectivity index (χ0n) is 7.03. The van der Waals surface area contributed by atoms with Crippen LogP contribution in [0.1, 0.15) is 20.8 Å². The second-order valence-corrected chi connectivity index (χ2v) is 6.33. The van der Waals surface area contributed by atoms with Crippen LogP contribution in [-0.4, -0.2) is 9.78 Å². The normalized spacial score (nSPS) is 12.2. The Kier molecular flexibility index (Phi) is 3.48. The van der Waals surface area contributed by atoms with Crippen molar-refractivity contribution < 1.29 is 0 Å². The Bertz CT molecular complexity index is 301. The van der Waals surface area contributed by atoms with E-state index in [1.54, 1.807) is 0 Å². The molecular weight excluding hydrogens is 446 g/mol. The lowest BCUT2D eigenvalue weighted by Gasteiger charge is -2.20. The summed E-state index contributed by atoms with van der Waals surface area (Å²) in [4.78, 5) is 0. The molecule has 0 amide bonds. The van der Waals surface area contributed by atoms with Gasteiger partial charge in [-0.3, -0.25) is 4.68 Å². The smallest absolute Gasteiger partial charge is 0.142 e. The van der Waals surface area contributed by atoms with Gasteiger partial charge >= 0.3 is 0 Å². The van der Waals surface area contributed by atoms with E-state index in [1.165, 1.54) is 7.27 Å².